The van der Waals surface area contributed by atoms with E-state index in [-0.39, 0.29) is 12.1 Å². The number of nitrogens with one attached hydrogen (secondary N) is 2. The van der Waals surface area contributed by atoms with Gasteiger partial charge in [0.15, 0.2) is 0 Å². The van der Waals surface area contributed by atoms with Gasteiger partial charge in [-0.15, -0.1) is 0 Å². The quantitative estimate of drug-likeness (QED) is 0.666. The Balaban J connectivity index is 0.000000300. The zero-order valence-electron chi connectivity index (χ0n) is 19.5. The van der Waals surface area contributed by atoms with E-state index in [1.165, 1.54) is 20.9 Å². The summed E-state index contributed by atoms with van der Waals surface area (Å²) >= 11 is 0. The van der Waals surface area contributed by atoms with Crippen molar-refractivity contribution in [3.05, 3.63) is 59.7 Å². The minimum Gasteiger partial charge on any atom is -0.331 e. The number of hydrogen-bond donors (Lipinski definition) is 2. The molecule has 164 valence electrons. The lowest BCUT2D eigenvalue weighted by Crippen LogP contribution is -2.27. The fourth-order valence-corrected chi connectivity index (χ4v) is 2.37. The van der Waals surface area contributed by atoms with Crippen molar-refractivity contribution in [3.63, 3.8) is 0 Å². The van der Waals surface area contributed by atoms with Gasteiger partial charge in [-0.3, -0.25) is 0 Å². The van der Waals surface area contributed by atoms with Crippen LogP contribution in [0.2, 0.25) is 0 Å². The van der Waals surface area contributed by atoms with E-state index in [0.29, 0.717) is 11.8 Å². The molecule has 0 saturated carbocycles. The first kappa shape index (κ1) is 25.0. The highest BCUT2D eigenvalue weighted by molar-refractivity contribution is 5.89. The summed E-state index contributed by atoms with van der Waals surface area (Å²) in [6.45, 7) is 8.58. The summed E-state index contributed by atoms with van der Waals surface area (Å²) in [7, 11) is 6.88. The molecule has 0 aliphatic rings. The van der Waals surface area contributed by atoms with Crippen LogP contribution in [0.5, 0.6) is 0 Å². The molecule has 0 atom stereocenters. The normalized spacial score (nSPS) is 10.2. The van der Waals surface area contributed by atoms with Crippen molar-refractivity contribution in [2.75, 3.05) is 38.8 Å². The molecule has 0 bridgehead atoms. The van der Waals surface area contributed by atoms with Gasteiger partial charge in [-0.1, -0.05) is 52.0 Å². The summed E-state index contributed by atoms with van der Waals surface area (Å²) in [5.74, 6) is 1.03. The number of carbonyl (C=O) groups excluding carboxylic acids is 2. The first-order valence-electron chi connectivity index (χ1n) is 10.2. The molecule has 0 saturated heterocycles. The standard InChI is InChI=1S/2C12H18N2O/c2*1-9(2)10-5-7-11(8-6-10)13-12(15)14(3)4/h2*5-9H,1-4H3,(H,13,15). The molecule has 0 aliphatic carbocycles. The van der Waals surface area contributed by atoms with Crippen molar-refractivity contribution in [1.82, 2.24) is 9.80 Å². The zero-order chi connectivity index (χ0) is 22.8. The summed E-state index contributed by atoms with van der Waals surface area (Å²) in [5.41, 5.74) is 4.21. The minimum atomic E-state index is -0.104. The van der Waals surface area contributed by atoms with Gasteiger partial charge in [-0.05, 0) is 47.2 Å². The second-order valence-corrected chi connectivity index (χ2v) is 8.20. The Bertz CT molecular complexity index is 725. The van der Waals surface area contributed by atoms with Crippen LogP contribution in [-0.2, 0) is 0 Å². The Morgan fingerprint density at radius 3 is 1.07 bits per heavy atom. The zero-order valence-corrected chi connectivity index (χ0v) is 19.5. The van der Waals surface area contributed by atoms with Gasteiger partial charge in [0.2, 0.25) is 0 Å². The smallest absolute Gasteiger partial charge is 0.321 e. The maximum absolute atomic E-state index is 11.3. The Morgan fingerprint density at radius 2 is 0.867 bits per heavy atom. The molecular weight excluding hydrogens is 376 g/mol. The molecular formula is C24H36N4O2. The molecule has 2 rings (SSSR count). The van der Waals surface area contributed by atoms with Gasteiger partial charge in [0.1, 0.15) is 0 Å². The molecule has 0 unspecified atom stereocenters. The van der Waals surface area contributed by atoms with Crippen LogP contribution >= 0.6 is 0 Å². The van der Waals surface area contributed by atoms with E-state index in [4.69, 9.17) is 0 Å². The largest absolute Gasteiger partial charge is 0.331 e. The third-order valence-electron chi connectivity index (χ3n) is 4.47. The van der Waals surface area contributed by atoms with Crippen LogP contribution in [0.15, 0.2) is 48.5 Å². The number of urea groups is 2. The second kappa shape index (κ2) is 11.9. The van der Waals surface area contributed by atoms with Crippen molar-refractivity contribution in [2.45, 2.75) is 39.5 Å². The van der Waals surface area contributed by atoms with Crippen LogP contribution in [-0.4, -0.2) is 50.1 Å². The molecule has 30 heavy (non-hydrogen) atoms. The van der Waals surface area contributed by atoms with Crippen molar-refractivity contribution in [3.8, 4) is 0 Å². The fraction of sp³-hybridized carbons (Fsp3) is 0.417. The van der Waals surface area contributed by atoms with Crippen molar-refractivity contribution < 1.29 is 9.59 Å². The van der Waals surface area contributed by atoms with Gasteiger partial charge in [-0.2, -0.15) is 0 Å². The molecule has 0 aromatic heterocycles. The summed E-state index contributed by atoms with van der Waals surface area (Å²) in [6, 6.07) is 15.7. The van der Waals surface area contributed by atoms with E-state index in [2.05, 4.69) is 38.3 Å². The first-order valence-corrected chi connectivity index (χ1v) is 10.2. The average Bonchev–Trinajstić information content (AvgIpc) is 2.69. The number of rotatable bonds is 4. The molecule has 0 aliphatic heterocycles. The number of carbonyl (C=O) groups is 2. The Kier molecular flexibility index (Phi) is 9.89. The molecule has 0 heterocycles. The predicted molar refractivity (Wildman–Crippen MR) is 126 cm³/mol. The maximum Gasteiger partial charge on any atom is 0.321 e. The van der Waals surface area contributed by atoms with Gasteiger partial charge < -0.3 is 20.4 Å². The number of amides is 4. The monoisotopic (exact) mass is 412 g/mol. The fourth-order valence-electron chi connectivity index (χ4n) is 2.37. The van der Waals surface area contributed by atoms with E-state index in [1.54, 1.807) is 28.2 Å². The molecule has 6 heteroatoms. The van der Waals surface area contributed by atoms with Crippen LogP contribution in [0.1, 0.15) is 50.7 Å². The molecule has 0 spiro atoms. The van der Waals surface area contributed by atoms with Gasteiger partial charge in [0, 0.05) is 39.6 Å². The lowest BCUT2D eigenvalue weighted by Gasteiger charge is -2.12. The van der Waals surface area contributed by atoms with E-state index in [9.17, 15) is 9.59 Å². The molecule has 2 N–H and O–H groups in total. The van der Waals surface area contributed by atoms with Crippen LogP contribution in [0.25, 0.3) is 0 Å². The summed E-state index contributed by atoms with van der Waals surface area (Å²) < 4.78 is 0. The topological polar surface area (TPSA) is 64.7 Å². The van der Waals surface area contributed by atoms with Crippen LogP contribution in [0.4, 0.5) is 21.0 Å². The summed E-state index contributed by atoms with van der Waals surface area (Å²) in [6.07, 6.45) is 0. The molecule has 0 radical (unpaired) electrons. The van der Waals surface area contributed by atoms with Crippen molar-refractivity contribution >= 4 is 23.4 Å². The van der Waals surface area contributed by atoms with E-state index >= 15 is 0 Å². The second-order valence-electron chi connectivity index (χ2n) is 8.20. The Labute approximate surface area is 181 Å². The molecule has 2 aromatic rings. The summed E-state index contributed by atoms with van der Waals surface area (Å²) in [5, 5.41) is 5.59. The lowest BCUT2D eigenvalue weighted by molar-refractivity contribution is 0.230. The predicted octanol–water partition coefficient (Wildman–Crippen LogP) is 5.81. The van der Waals surface area contributed by atoms with Gasteiger partial charge in [0.25, 0.3) is 0 Å². The maximum atomic E-state index is 11.3. The van der Waals surface area contributed by atoms with Gasteiger partial charge >= 0.3 is 12.1 Å². The van der Waals surface area contributed by atoms with Crippen LogP contribution in [0.3, 0.4) is 0 Å². The van der Waals surface area contributed by atoms with Gasteiger partial charge in [0.05, 0.1) is 0 Å². The third kappa shape index (κ3) is 8.55. The van der Waals surface area contributed by atoms with Crippen molar-refractivity contribution in [2.24, 2.45) is 0 Å². The highest BCUT2D eigenvalue weighted by atomic mass is 16.2. The molecule has 4 amide bonds. The van der Waals surface area contributed by atoms with E-state index in [0.717, 1.165) is 11.4 Å². The minimum absolute atomic E-state index is 0.104. The molecule has 6 nitrogen and oxygen atoms in total. The SMILES string of the molecule is CC(C)c1ccc(NC(=O)N(C)C)cc1.CC(C)c1ccc(NC(=O)N(C)C)cc1. The highest BCUT2D eigenvalue weighted by Crippen LogP contribution is 2.18. The lowest BCUT2D eigenvalue weighted by atomic mass is 10.0. The number of nitrogens with zero attached hydrogens (tertiary/aromatic N) is 2. The number of hydrogen-bond acceptors (Lipinski definition) is 2. The van der Waals surface area contributed by atoms with Crippen molar-refractivity contribution in [1.29, 1.82) is 0 Å². The average molecular weight is 413 g/mol. The summed E-state index contributed by atoms with van der Waals surface area (Å²) in [4.78, 5) is 25.7. The molecule has 0 fully saturated rings. The van der Waals surface area contributed by atoms with Crippen LogP contribution in [0, 0.1) is 0 Å². The Morgan fingerprint density at radius 1 is 0.600 bits per heavy atom. The first-order chi connectivity index (χ1) is 14.0. The Hall–Kier alpha value is -3.02. The third-order valence-corrected chi connectivity index (χ3v) is 4.47. The number of anilines is 2. The van der Waals surface area contributed by atoms with Crippen LogP contribution < -0.4 is 10.6 Å². The number of benzene rings is 2. The van der Waals surface area contributed by atoms with E-state index < -0.39 is 0 Å². The van der Waals surface area contributed by atoms with E-state index in [1.807, 2.05) is 48.5 Å². The highest BCUT2D eigenvalue weighted by Gasteiger charge is 2.05. The molecule has 2 aromatic carbocycles. The van der Waals surface area contributed by atoms with Gasteiger partial charge in [-0.25, -0.2) is 9.59 Å².